The van der Waals surface area contributed by atoms with Gasteiger partial charge in [0.05, 0.1) is 123 Å². The molecule has 0 saturated carbocycles. The first-order valence-corrected chi connectivity index (χ1v) is 53.6. The van der Waals surface area contributed by atoms with Gasteiger partial charge in [-0.1, -0.05) is 97.1 Å². The van der Waals surface area contributed by atoms with Gasteiger partial charge in [-0.15, -0.1) is 0 Å². The molecule has 6 aromatic rings. The Balaban J connectivity index is 1.14. The second kappa shape index (κ2) is 37.2. The summed E-state index contributed by atoms with van der Waals surface area (Å²) in [6, 6.07) is 31.8. The summed E-state index contributed by atoms with van der Waals surface area (Å²) in [5, 5.41) is 2.66. The van der Waals surface area contributed by atoms with Crippen LogP contribution in [0.15, 0.2) is 127 Å². The molecule has 0 saturated heterocycles. The fourth-order valence-corrected chi connectivity index (χ4v) is 30.5. The van der Waals surface area contributed by atoms with E-state index in [0.717, 1.165) is 0 Å². The van der Waals surface area contributed by atoms with E-state index in [1.165, 1.54) is 6.92 Å². The number of aliphatic imine (C=N–C) groups is 4. The molecule has 39 heteroatoms. The van der Waals surface area contributed by atoms with Gasteiger partial charge in [0.1, 0.15) is 34.9 Å². The van der Waals surface area contributed by atoms with E-state index in [4.69, 9.17) is 52.4 Å². The molecule has 4 aliphatic rings. The zero-order valence-electron chi connectivity index (χ0n) is 63.5. The van der Waals surface area contributed by atoms with Crippen LogP contribution in [0.25, 0.3) is 21.5 Å². The molecular formula is C72H102N10O21S5Si3. The number of hydrogen-bond acceptors (Lipinski definition) is 24. The summed E-state index contributed by atoms with van der Waals surface area (Å²) in [6.45, 7) is 14.2. The summed E-state index contributed by atoms with van der Waals surface area (Å²) in [4.78, 5) is 44.7. The molecule has 0 radical (unpaired) electrons. The highest BCUT2D eigenvalue weighted by molar-refractivity contribution is 7.86. The summed E-state index contributed by atoms with van der Waals surface area (Å²) >= 11 is 0. The number of unbranched alkanes of at least 4 members (excludes halogenated alkanes) is 5. The van der Waals surface area contributed by atoms with E-state index in [9.17, 15) is 69.6 Å². The fraction of sp³-hybridized carbons (Fsp3) is 0.542. The number of ether oxygens (including phenoxy) is 3. The molecule has 0 aliphatic carbocycles. The van der Waals surface area contributed by atoms with Gasteiger partial charge in [-0.2, -0.15) is 25.3 Å². The number of fused-ring (bicyclic) bond motifs is 14. The highest BCUT2D eigenvalue weighted by Gasteiger charge is 2.58. The van der Waals surface area contributed by atoms with Crippen molar-refractivity contribution in [1.29, 1.82) is 0 Å². The molecule has 2 aromatic heterocycles. The highest BCUT2D eigenvalue weighted by atomic mass is 32.2. The van der Waals surface area contributed by atoms with E-state index in [1.807, 2.05) is 106 Å². The van der Waals surface area contributed by atoms with Gasteiger partial charge in [-0.05, 0) is 122 Å². The van der Waals surface area contributed by atoms with Gasteiger partial charge in [-0.25, -0.2) is 46.8 Å². The molecule has 4 aromatic carbocycles. The molecule has 2 atom stereocenters. The molecule has 2 unspecified atom stereocenters. The molecule has 111 heavy (non-hydrogen) atoms. The van der Waals surface area contributed by atoms with Crippen LogP contribution in [-0.2, 0) is 77.8 Å². The lowest BCUT2D eigenvalue weighted by molar-refractivity contribution is -0.929. The average Bonchev–Trinajstić information content (AvgIpc) is 1.53. The Hall–Kier alpha value is -6.17. The van der Waals surface area contributed by atoms with Gasteiger partial charge in [0, 0.05) is 61.7 Å². The van der Waals surface area contributed by atoms with Crippen molar-refractivity contribution in [3.8, 4) is 0 Å². The van der Waals surface area contributed by atoms with Crippen molar-refractivity contribution >= 4 is 138 Å². The predicted molar refractivity (Wildman–Crippen MR) is 429 cm³/mol. The quantitative estimate of drug-likeness (QED) is 0.0141. The largest absolute Gasteiger partial charge is 0.748 e. The molecule has 10 rings (SSSR count). The molecule has 4 aliphatic heterocycles. The van der Waals surface area contributed by atoms with Crippen molar-refractivity contribution in [3.63, 3.8) is 0 Å². The van der Waals surface area contributed by atoms with Crippen LogP contribution >= 0.6 is 0 Å². The number of amidine groups is 4. The Morgan fingerprint density at radius 3 is 1.05 bits per heavy atom. The predicted octanol–water partition coefficient (Wildman–Crippen LogP) is 7.91. The smallest absolute Gasteiger partial charge is 0.582 e. The number of carbonyl (C=O) groups is 1. The number of benzene rings is 4. The van der Waals surface area contributed by atoms with Crippen molar-refractivity contribution in [3.05, 3.63) is 130 Å². The second-order valence-corrected chi connectivity index (χ2v) is 49.7. The molecular weight excluding hydrogens is 1590 g/mol. The van der Waals surface area contributed by atoms with E-state index >= 15 is 0 Å². The molecule has 3 N–H and O–H groups in total. The second-order valence-electron chi connectivity index (χ2n) is 30.3. The third kappa shape index (κ3) is 24.5. The van der Waals surface area contributed by atoms with Crippen LogP contribution in [0.3, 0.4) is 0 Å². The number of Topliss-reactive ketones (excluding diaryl/α,β-unsaturated/α-hetero) is 1. The first kappa shape index (κ1) is 87.2. The summed E-state index contributed by atoms with van der Waals surface area (Å²) in [6.07, 6.45) is 2.96. The number of nitrogens with zero attached hydrogens (tertiary/aromatic N) is 10. The Morgan fingerprint density at radius 2 is 0.703 bits per heavy atom. The molecule has 6 bridgehead atoms. The maximum atomic E-state index is 12.2. The lowest BCUT2D eigenvalue weighted by Gasteiger charge is -2.44. The molecule has 0 fully saturated rings. The Labute approximate surface area is 653 Å². The topological polar surface area (TPSA) is 425 Å². The molecule has 0 amide bonds. The normalized spacial score (nSPS) is 16.5. The van der Waals surface area contributed by atoms with Gasteiger partial charge in [0.15, 0.2) is 40.0 Å². The van der Waals surface area contributed by atoms with Crippen LogP contribution in [0, 0.1) is 0 Å². The van der Waals surface area contributed by atoms with Gasteiger partial charge in [-0.3, -0.25) is 26.9 Å². The number of carbonyl (C=O) groups excluding carboxylic acids is 1. The first-order valence-electron chi connectivity index (χ1n) is 37.7. The van der Waals surface area contributed by atoms with Crippen molar-refractivity contribution in [2.24, 2.45) is 30.0 Å². The van der Waals surface area contributed by atoms with E-state index in [0.29, 0.717) is 191 Å². The van der Waals surface area contributed by atoms with Crippen molar-refractivity contribution < 1.29 is 101 Å². The van der Waals surface area contributed by atoms with Crippen molar-refractivity contribution in [2.75, 3.05) is 121 Å². The monoisotopic (exact) mass is 1690 g/mol. The number of aromatic nitrogens is 2. The van der Waals surface area contributed by atoms with Gasteiger partial charge in [0.2, 0.25) is 0 Å². The standard InChI is InChI=1S/C72H102N10O21S5Si3/c1-56(83)34-43-99-45-47-101-48-46-100-44-42-82(38-17-22-52-107(93,94)95,39-18-23-53-108(96,97)98)41-25-55-110(4,5)103-111(102-109(2,3)54-24-40-81(35-14-19-49-104(84,85)86,36-15-20-50-105(87,88)89)37-16-21-51-106(90,91)92)79-69-61-30-10-11-31-62(61)71(79)77-67-59-28-8-9-29-60(59)68(74-67)78-72-64-33-13-12-32-63(64)70(80(72)111)76-66-58-27-7-6-26-57(58)65(73-66)75-69/h6-13,26-33H,14-25,34-55H2,1-5H3,(H3-2,84,85,86,87,88,89,90,91,92,93,94,95,96,97,98). The lowest BCUT2D eigenvalue weighted by atomic mass is 10.1. The minimum absolute atomic E-state index is 0.0128. The summed E-state index contributed by atoms with van der Waals surface area (Å²) in [5.74, 6) is -0.543. The van der Waals surface area contributed by atoms with Crippen LogP contribution in [0.5, 0.6) is 0 Å². The first-order chi connectivity index (χ1) is 52.4. The van der Waals surface area contributed by atoms with E-state index in [1.54, 1.807) is 0 Å². The van der Waals surface area contributed by atoms with Crippen LogP contribution in [0.4, 0.5) is 11.6 Å². The summed E-state index contributed by atoms with van der Waals surface area (Å²) in [5.41, 5.74) is 3.62. The van der Waals surface area contributed by atoms with Gasteiger partial charge >= 0.3 is 8.88 Å². The zero-order valence-corrected chi connectivity index (χ0v) is 70.6. The Bertz CT molecular complexity index is 4930. The zero-order chi connectivity index (χ0) is 80.1. The van der Waals surface area contributed by atoms with Crippen LogP contribution in [-0.4, -0.2) is 258 Å². The SMILES string of the molecule is CC(=O)CCOCCOCCOCC[N+](CCCCS(=O)(=O)[O-])(CCCCS(=O)(=O)O)CCC[Si](C)(C)O[Si]1(O[Si](C)(C)CCC[N+](CCCCS(=O)(=O)[O-])(CCCCS(=O)(=O)O)CCCCS(=O)(=O)O)n2c3c4ccccc4c2N=C2N=C(N=c4c5ccccc5c(n41)=NC1=NC(=N3)c3ccccc31)c1ccccc12. The molecule has 608 valence electrons. The van der Waals surface area contributed by atoms with Gasteiger partial charge in [0.25, 0.3) is 30.4 Å². The van der Waals surface area contributed by atoms with Crippen LogP contribution < -0.4 is 11.0 Å². The molecule has 31 nitrogen and oxygen atoms in total. The molecule has 0 spiro atoms. The number of ketones is 1. The summed E-state index contributed by atoms with van der Waals surface area (Å²) < 4.78 is 214. The Morgan fingerprint density at radius 1 is 0.396 bits per heavy atom. The van der Waals surface area contributed by atoms with Crippen molar-refractivity contribution in [2.45, 2.75) is 129 Å². The minimum Gasteiger partial charge on any atom is -0.748 e. The maximum absolute atomic E-state index is 12.2. The number of quaternary nitrogens is 2. The van der Waals surface area contributed by atoms with E-state index in [2.05, 4.69) is 26.2 Å². The third-order valence-electron chi connectivity index (χ3n) is 20.4. The number of rotatable bonds is 49. The lowest BCUT2D eigenvalue weighted by Crippen LogP contribution is -2.70. The van der Waals surface area contributed by atoms with Crippen molar-refractivity contribution in [1.82, 2.24) is 8.47 Å². The van der Waals surface area contributed by atoms with Crippen LogP contribution in [0.1, 0.15) is 113 Å². The van der Waals surface area contributed by atoms with E-state index in [-0.39, 0.29) is 101 Å². The third-order valence-corrected chi connectivity index (χ3v) is 36.1. The van der Waals surface area contributed by atoms with Crippen LogP contribution in [0.2, 0.25) is 38.3 Å². The fourth-order valence-electron chi connectivity index (χ4n) is 15.1. The van der Waals surface area contributed by atoms with Gasteiger partial charge < -0.3 is 40.5 Å². The highest BCUT2D eigenvalue weighted by Crippen LogP contribution is 2.46. The Kier molecular flexibility index (Phi) is 29.2. The maximum Gasteiger partial charge on any atom is 0.582 e. The summed E-state index contributed by atoms with van der Waals surface area (Å²) in [7, 11) is -34.2. The van der Waals surface area contributed by atoms with E-state index < -0.39 is 105 Å². The molecule has 6 heterocycles. The average molecular weight is 1690 g/mol. The minimum atomic E-state index is -4.98. The number of hydrogen-bond donors (Lipinski definition) is 3.